The zero-order valence-electron chi connectivity index (χ0n) is 7.09. The summed E-state index contributed by atoms with van der Waals surface area (Å²) in [7, 11) is 3.49. The van der Waals surface area contributed by atoms with Crippen molar-refractivity contribution in [2.75, 3.05) is 14.2 Å². The molecule has 1 fully saturated rings. The van der Waals surface area contributed by atoms with Crippen LogP contribution in [0.3, 0.4) is 0 Å². The highest BCUT2D eigenvalue weighted by Crippen LogP contribution is 2.48. The predicted molar refractivity (Wildman–Crippen MR) is 41.9 cm³/mol. The zero-order valence-corrected chi connectivity index (χ0v) is 7.09. The first-order valence-corrected chi connectivity index (χ1v) is 4.19. The lowest BCUT2D eigenvalue weighted by molar-refractivity contribution is 0.184. The van der Waals surface area contributed by atoms with Crippen LogP contribution in [0.4, 0.5) is 0 Å². The SMILES string of the molecule is COC1=C(OC)C2CCC1C2. The summed E-state index contributed by atoms with van der Waals surface area (Å²) in [6, 6.07) is 0. The summed E-state index contributed by atoms with van der Waals surface area (Å²) in [4.78, 5) is 0. The topological polar surface area (TPSA) is 18.5 Å². The van der Waals surface area contributed by atoms with Gasteiger partial charge in [-0.15, -0.1) is 0 Å². The normalized spacial score (nSPS) is 34.7. The highest BCUT2D eigenvalue weighted by molar-refractivity contribution is 5.20. The maximum Gasteiger partial charge on any atom is 0.136 e. The monoisotopic (exact) mass is 154 g/mol. The second-order valence-electron chi connectivity index (χ2n) is 3.34. The molecule has 2 bridgehead atoms. The van der Waals surface area contributed by atoms with Crippen molar-refractivity contribution in [3.8, 4) is 0 Å². The van der Waals surface area contributed by atoms with Gasteiger partial charge >= 0.3 is 0 Å². The van der Waals surface area contributed by atoms with Gasteiger partial charge in [-0.25, -0.2) is 0 Å². The summed E-state index contributed by atoms with van der Waals surface area (Å²) < 4.78 is 10.6. The van der Waals surface area contributed by atoms with Crippen LogP contribution < -0.4 is 0 Å². The van der Waals surface area contributed by atoms with Crippen LogP contribution >= 0.6 is 0 Å². The van der Waals surface area contributed by atoms with Gasteiger partial charge in [0.25, 0.3) is 0 Å². The molecule has 2 aliphatic carbocycles. The van der Waals surface area contributed by atoms with Crippen molar-refractivity contribution in [1.29, 1.82) is 0 Å². The molecule has 11 heavy (non-hydrogen) atoms. The lowest BCUT2D eigenvalue weighted by Crippen LogP contribution is -2.06. The Balaban J connectivity index is 2.27. The van der Waals surface area contributed by atoms with E-state index in [4.69, 9.17) is 9.47 Å². The van der Waals surface area contributed by atoms with Gasteiger partial charge < -0.3 is 9.47 Å². The van der Waals surface area contributed by atoms with Crippen LogP contribution in [0.15, 0.2) is 11.5 Å². The Hall–Kier alpha value is -0.660. The molecule has 2 rings (SSSR count). The molecule has 0 spiro atoms. The van der Waals surface area contributed by atoms with Crippen molar-refractivity contribution in [1.82, 2.24) is 0 Å². The van der Waals surface area contributed by atoms with E-state index in [0.29, 0.717) is 11.8 Å². The Morgan fingerprint density at radius 1 is 1.00 bits per heavy atom. The van der Waals surface area contributed by atoms with Crippen molar-refractivity contribution in [3.63, 3.8) is 0 Å². The van der Waals surface area contributed by atoms with Crippen molar-refractivity contribution < 1.29 is 9.47 Å². The average molecular weight is 154 g/mol. The molecule has 2 heteroatoms. The van der Waals surface area contributed by atoms with Gasteiger partial charge in [0, 0.05) is 11.8 Å². The molecule has 0 aromatic carbocycles. The van der Waals surface area contributed by atoms with Gasteiger partial charge in [0.2, 0.25) is 0 Å². The minimum absolute atomic E-state index is 0.667. The molecular formula is C9H14O2. The van der Waals surface area contributed by atoms with E-state index in [1.807, 2.05) is 0 Å². The molecule has 0 radical (unpaired) electrons. The molecule has 0 aromatic heterocycles. The lowest BCUT2D eigenvalue weighted by atomic mass is 10.0. The third kappa shape index (κ3) is 0.849. The molecule has 0 aliphatic heterocycles. The molecule has 0 heterocycles. The van der Waals surface area contributed by atoms with Gasteiger partial charge in [-0.3, -0.25) is 0 Å². The van der Waals surface area contributed by atoms with E-state index in [9.17, 15) is 0 Å². The van der Waals surface area contributed by atoms with Crippen LogP contribution in [0.5, 0.6) is 0 Å². The predicted octanol–water partition coefficient (Wildman–Crippen LogP) is 1.92. The van der Waals surface area contributed by atoms with Crippen LogP contribution in [0.2, 0.25) is 0 Å². The minimum atomic E-state index is 0.667. The summed E-state index contributed by atoms with van der Waals surface area (Å²) in [5.74, 6) is 3.56. The molecule has 0 amide bonds. The van der Waals surface area contributed by atoms with E-state index in [2.05, 4.69) is 0 Å². The number of allylic oxidation sites excluding steroid dienone is 2. The molecule has 2 atom stereocenters. The van der Waals surface area contributed by atoms with Crippen LogP contribution in [-0.4, -0.2) is 14.2 Å². The standard InChI is InChI=1S/C9H14O2/c1-10-8-6-3-4-7(5-6)9(8)11-2/h6-7H,3-5H2,1-2H3. The summed E-state index contributed by atoms with van der Waals surface area (Å²) in [5.41, 5.74) is 0. The maximum absolute atomic E-state index is 5.30. The van der Waals surface area contributed by atoms with Gasteiger partial charge in [-0.1, -0.05) is 0 Å². The molecule has 2 unspecified atom stereocenters. The van der Waals surface area contributed by atoms with E-state index < -0.39 is 0 Å². The number of methoxy groups -OCH3 is 2. The van der Waals surface area contributed by atoms with Crippen LogP contribution in [-0.2, 0) is 9.47 Å². The van der Waals surface area contributed by atoms with Crippen molar-refractivity contribution >= 4 is 0 Å². The zero-order chi connectivity index (χ0) is 7.84. The second kappa shape index (κ2) is 2.43. The van der Waals surface area contributed by atoms with Gasteiger partial charge in [-0.2, -0.15) is 0 Å². The van der Waals surface area contributed by atoms with E-state index in [1.165, 1.54) is 19.3 Å². The molecule has 1 saturated carbocycles. The number of hydrogen-bond donors (Lipinski definition) is 0. The Morgan fingerprint density at radius 3 is 1.82 bits per heavy atom. The van der Waals surface area contributed by atoms with E-state index in [0.717, 1.165) is 11.5 Å². The first kappa shape index (κ1) is 7.01. The van der Waals surface area contributed by atoms with E-state index >= 15 is 0 Å². The smallest absolute Gasteiger partial charge is 0.136 e. The fourth-order valence-corrected chi connectivity index (χ4v) is 2.39. The van der Waals surface area contributed by atoms with Crippen LogP contribution in [0.1, 0.15) is 19.3 Å². The van der Waals surface area contributed by atoms with Gasteiger partial charge in [-0.05, 0) is 19.3 Å². The molecule has 62 valence electrons. The quantitative estimate of drug-likeness (QED) is 0.605. The first-order valence-electron chi connectivity index (χ1n) is 4.19. The number of hydrogen-bond acceptors (Lipinski definition) is 2. The Morgan fingerprint density at radius 2 is 1.45 bits per heavy atom. The largest absolute Gasteiger partial charge is 0.497 e. The van der Waals surface area contributed by atoms with Crippen molar-refractivity contribution in [2.24, 2.45) is 11.8 Å². The summed E-state index contributed by atoms with van der Waals surface area (Å²) in [5, 5.41) is 0. The van der Waals surface area contributed by atoms with Gasteiger partial charge in [0.1, 0.15) is 11.5 Å². The fourth-order valence-electron chi connectivity index (χ4n) is 2.39. The van der Waals surface area contributed by atoms with Crippen molar-refractivity contribution in [3.05, 3.63) is 11.5 Å². The third-order valence-corrected chi connectivity index (χ3v) is 2.86. The lowest BCUT2D eigenvalue weighted by Gasteiger charge is -2.16. The highest BCUT2D eigenvalue weighted by atomic mass is 16.5. The average Bonchev–Trinajstić information content (AvgIpc) is 2.60. The Bertz CT molecular complexity index is 176. The highest BCUT2D eigenvalue weighted by Gasteiger charge is 2.41. The number of ether oxygens (including phenoxy) is 2. The molecular weight excluding hydrogens is 140 g/mol. The van der Waals surface area contributed by atoms with Crippen molar-refractivity contribution in [2.45, 2.75) is 19.3 Å². The molecule has 0 N–H and O–H groups in total. The number of fused-ring (bicyclic) bond motifs is 2. The summed E-state index contributed by atoms with van der Waals surface area (Å²) in [6.45, 7) is 0. The maximum atomic E-state index is 5.30. The summed E-state index contributed by atoms with van der Waals surface area (Å²) >= 11 is 0. The Kier molecular flexibility index (Phi) is 1.55. The third-order valence-electron chi connectivity index (χ3n) is 2.86. The Labute approximate surface area is 67.2 Å². The second-order valence-corrected chi connectivity index (χ2v) is 3.34. The summed E-state index contributed by atoms with van der Waals surface area (Å²) in [6.07, 6.45) is 3.84. The van der Waals surface area contributed by atoms with Gasteiger partial charge in [0.05, 0.1) is 14.2 Å². The fraction of sp³-hybridized carbons (Fsp3) is 0.778. The molecule has 2 nitrogen and oxygen atoms in total. The van der Waals surface area contributed by atoms with Gasteiger partial charge in [0.15, 0.2) is 0 Å². The van der Waals surface area contributed by atoms with E-state index in [-0.39, 0.29) is 0 Å². The number of rotatable bonds is 2. The van der Waals surface area contributed by atoms with Crippen LogP contribution in [0, 0.1) is 11.8 Å². The molecule has 0 aromatic rings. The van der Waals surface area contributed by atoms with E-state index in [1.54, 1.807) is 14.2 Å². The first-order chi connectivity index (χ1) is 5.36. The minimum Gasteiger partial charge on any atom is -0.497 e. The van der Waals surface area contributed by atoms with Crippen LogP contribution in [0.25, 0.3) is 0 Å². The molecule has 0 saturated heterocycles. The molecule has 2 aliphatic rings.